The van der Waals surface area contributed by atoms with Gasteiger partial charge in [-0.1, -0.05) is 13.3 Å². The monoisotopic (exact) mass is 334 g/mol. The van der Waals surface area contributed by atoms with Crippen LogP contribution in [0.15, 0.2) is 12.1 Å². The molecular weight excluding hydrogens is 312 g/mol. The molecule has 0 radical (unpaired) electrons. The number of aromatic nitrogens is 2. The third-order valence-electron chi connectivity index (χ3n) is 4.95. The highest BCUT2D eigenvalue weighted by Crippen LogP contribution is 2.42. The molecule has 130 valence electrons. The third kappa shape index (κ3) is 3.06. The van der Waals surface area contributed by atoms with E-state index < -0.39 is 18.1 Å². The lowest BCUT2D eigenvalue weighted by atomic mass is 9.69. The van der Waals surface area contributed by atoms with E-state index in [4.69, 9.17) is 4.74 Å². The van der Waals surface area contributed by atoms with Crippen LogP contribution in [0, 0.1) is 5.41 Å². The topological polar surface area (TPSA) is 105 Å². The summed E-state index contributed by atoms with van der Waals surface area (Å²) in [5, 5.41) is 20.4. The van der Waals surface area contributed by atoms with Gasteiger partial charge in [-0.3, -0.25) is 9.59 Å². The molecule has 2 amide bonds. The second kappa shape index (κ2) is 6.35. The van der Waals surface area contributed by atoms with Gasteiger partial charge in [-0.15, -0.1) is 10.2 Å². The lowest BCUT2D eigenvalue weighted by Crippen LogP contribution is -2.46. The fourth-order valence-corrected chi connectivity index (χ4v) is 3.19. The van der Waals surface area contributed by atoms with E-state index in [9.17, 15) is 14.7 Å². The first-order chi connectivity index (χ1) is 11.4. The summed E-state index contributed by atoms with van der Waals surface area (Å²) >= 11 is 0. The minimum absolute atomic E-state index is 0.0637. The maximum absolute atomic E-state index is 12.5. The number of hydrogen-bond acceptors (Lipinski definition) is 6. The van der Waals surface area contributed by atoms with Gasteiger partial charge in [0.1, 0.15) is 0 Å². The lowest BCUT2D eigenvalue weighted by Gasteiger charge is -2.39. The summed E-state index contributed by atoms with van der Waals surface area (Å²) in [7, 11) is 1.47. The molecule has 2 heterocycles. The number of β-amino-alcohol motifs (C(OH)–C–C–N with tert-alkyl or cyclic N) is 1. The molecule has 1 saturated carbocycles. The molecule has 0 unspecified atom stereocenters. The van der Waals surface area contributed by atoms with Gasteiger partial charge in [0.2, 0.25) is 11.8 Å². The number of amides is 2. The number of carbonyl (C=O) groups is 2. The van der Waals surface area contributed by atoms with Gasteiger partial charge in [-0.05, 0) is 18.9 Å². The summed E-state index contributed by atoms with van der Waals surface area (Å²) < 4.78 is 4.90. The van der Waals surface area contributed by atoms with Crippen molar-refractivity contribution in [3.05, 3.63) is 17.8 Å². The van der Waals surface area contributed by atoms with Crippen LogP contribution in [0.5, 0.6) is 5.88 Å². The first-order valence-corrected chi connectivity index (χ1v) is 8.09. The summed E-state index contributed by atoms with van der Waals surface area (Å²) in [6.07, 6.45) is 2.05. The molecule has 1 aromatic heterocycles. The second-order valence-electron chi connectivity index (χ2n) is 6.73. The van der Waals surface area contributed by atoms with Gasteiger partial charge in [0.05, 0.1) is 19.3 Å². The first kappa shape index (κ1) is 16.6. The van der Waals surface area contributed by atoms with Gasteiger partial charge in [0.25, 0.3) is 5.91 Å². The highest BCUT2D eigenvalue weighted by atomic mass is 16.5. The van der Waals surface area contributed by atoms with Crippen LogP contribution in [0.3, 0.4) is 0 Å². The van der Waals surface area contributed by atoms with Crippen LogP contribution in [-0.4, -0.2) is 64.4 Å². The van der Waals surface area contributed by atoms with Crippen molar-refractivity contribution in [2.75, 3.05) is 20.2 Å². The number of nitrogens with zero attached hydrogens (tertiary/aromatic N) is 3. The molecule has 8 nitrogen and oxygen atoms in total. The number of rotatable bonds is 4. The average molecular weight is 334 g/mol. The molecule has 2 N–H and O–H groups in total. The van der Waals surface area contributed by atoms with Gasteiger partial charge in [0.15, 0.2) is 5.69 Å². The Labute approximate surface area is 140 Å². The van der Waals surface area contributed by atoms with E-state index in [2.05, 4.69) is 15.5 Å². The Morgan fingerprint density at radius 2 is 2.08 bits per heavy atom. The van der Waals surface area contributed by atoms with Crippen LogP contribution >= 0.6 is 0 Å². The summed E-state index contributed by atoms with van der Waals surface area (Å²) in [5.74, 6) is -0.0508. The van der Waals surface area contributed by atoms with E-state index >= 15 is 0 Å². The predicted molar refractivity (Wildman–Crippen MR) is 84.4 cm³/mol. The second-order valence-corrected chi connectivity index (χ2v) is 6.73. The van der Waals surface area contributed by atoms with Crippen molar-refractivity contribution in [3.8, 4) is 5.88 Å². The van der Waals surface area contributed by atoms with E-state index in [-0.39, 0.29) is 23.6 Å². The fraction of sp³-hybridized carbons (Fsp3) is 0.625. The number of likely N-dealkylation sites (tertiary alicyclic amines) is 1. The van der Waals surface area contributed by atoms with E-state index in [0.29, 0.717) is 12.4 Å². The molecule has 0 spiro atoms. The minimum Gasteiger partial charge on any atom is -0.480 e. The molecule has 2 aliphatic rings. The van der Waals surface area contributed by atoms with Gasteiger partial charge in [-0.25, -0.2) is 0 Å². The number of aliphatic hydroxyl groups is 1. The Hall–Kier alpha value is -2.22. The van der Waals surface area contributed by atoms with Gasteiger partial charge < -0.3 is 20.1 Å². The Morgan fingerprint density at radius 1 is 1.33 bits per heavy atom. The molecule has 0 aromatic carbocycles. The van der Waals surface area contributed by atoms with Crippen molar-refractivity contribution < 1.29 is 19.4 Å². The Balaban J connectivity index is 1.60. The van der Waals surface area contributed by atoms with Crippen molar-refractivity contribution in [3.63, 3.8) is 0 Å². The van der Waals surface area contributed by atoms with Crippen molar-refractivity contribution in [2.24, 2.45) is 5.41 Å². The Kier molecular flexibility index (Phi) is 4.40. The van der Waals surface area contributed by atoms with Crippen LogP contribution in [0.2, 0.25) is 0 Å². The maximum atomic E-state index is 12.5. The van der Waals surface area contributed by atoms with Crippen LogP contribution in [0.4, 0.5) is 0 Å². The van der Waals surface area contributed by atoms with E-state index in [0.717, 1.165) is 19.3 Å². The summed E-state index contributed by atoms with van der Waals surface area (Å²) in [5.41, 5.74) is -0.168. The van der Waals surface area contributed by atoms with Crippen molar-refractivity contribution >= 4 is 11.8 Å². The van der Waals surface area contributed by atoms with Gasteiger partial charge >= 0.3 is 0 Å². The van der Waals surface area contributed by atoms with Crippen LogP contribution in [0.25, 0.3) is 0 Å². The zero-order valence-corrected chi connectivity index (χ0v) is 13.9. The molecule has 8 heteroatoms. The van der Waals surface area contributed by atoms with E-state index in [1.165, 1.54) is 13.2 Å². The molecule has 0 bridgehead atoms. The quantitative estimate of drug-likeness (QED) is 0.802. The molecule has 1 aromatic rings. The van der Waals surface area contributed by atoms with Crippen LogP contribution in [-0.2, 0) is 4.79 Å². The molecular formula is C16H22N4O4. The highest BCUT2D eigenvalue weighted by Gasteiger charge is 2.45. The summed E-state index contributed by atoms with van der Waals surface area (Å²) in [4.78, 5) is 26.4. The number of aliphatic hydroxyl groups excluding tert-OH is 1. The van der Waals surface area contributed by atoms with Crippen molar-refractivity contribution in [1.29, 1.82) is 0 Å². The summed E-state index contributed by atoms with van der Waals surface area (Å²) in [6.45, 7) is 2.52. The van der Waals surface area contributed by atoms with Crippen LogP contribution in [0.1, 0.15) is 36.7 Å². The normalized spacial score (nSPS) is 25.0. The summed E-state index contributed by atoms with van der Waals surface area (Å²) in [6, 6.07) is 2.54. The smallest absolute Gasteiger partial charge is 0.272 e. The Bertz CT molecular complexity index is 629. The molecule has 3 rings (SSSR count). The molecule has 2 atom stereocenters. The maximum Gasteiger partial charge on any atom is 0.272 e. The highest BCUT2D eigenvalue weighted by molar-refractivity contribution is 5.92. The molecule has 1 aliphatic heterocycles. The average Bonchev–Trinajstić information content (AvgIpc) is 2.92. The van der Waals surface area contributed by atoms with Gasteiger partial charge in [-0.2, -0.15) is 0 Å². The predicted octanol–water partition coefficient (Wildman–Crippen LogP) is -0.0231. The molecule has 1 aliphatic carbocycles. The standard InChI is InChI=1S/C16H22N4O4/c1-16(6-3-7-16)15(23)20-8-11(12(21)9-20)17-14(22)10-4-5-13(24-2)19-18-10/h4-5,11-12,21H,3,6-9H2,1-2H3,(H,17,22)/t11-,12+/m1/s1. The number of nitrogens with one attached hydrogen (secondary N) is 1. The SMILES string of the molecule is COc1ccc(C(=O)N[C@@H]2CN(C(=O)C3(C)CCC3)C[C@@H]2O)nn1. The first-order valence-electron chi connectivity index (χ1n) is 8.09. The van der Waals surface area contributed by atoms with Gasteiger partial charge in [0, 0.05) is 24.6 Å². The number of carbonyl (C=O) groups excluding carboxylic acids is 2. The molecule has 2 fully saturated rings. The number of hydrogen-bond donors (Lipinski definition) is 2. The van der Waals surface area contributed by atoms with Crippen molar-refractivity contribution in [1.82, 2.24) is 20.4 Å². The van der Waals surface area contributed by atoms with E-state index in [1.807, 2.05) is 6.92 Å². The lowest BCUT2D eigenvalue weighted by molar-refractivity contribution is -0.145. The third-order valence-corrected chi connectivity index (χ3v) is 4.95. The number of methoxy groups -OCH3 is 1. The molecule has 24 heavy (non-hydrogen) atoms. The van der Waals surface area contributed by atoms with Crippen LogP contribution < -0.4 is 10.1 Å². The minimum atomic E-state index is -0.784. The Morgan fingerprint density at radius 3 is 2.62 bits per heavy atom. The van der Waals surface area contributed by atoms with Crippen molar-refractivity contribution in [2.45, 2.75) is 38.3 Å². The zero-order chi connectivity index (χ0) is 17.3. The fourth-order valence-electron chi connectivity index (χ4n) is 3.19. The zero-order valence-electron chi connectivity index (χ0n) is 13.9. The molecule has 1 saturated heterocycles. The van der Waals surface area contributed by atoms with E-state index in [1.54, 1.807) is 11.0 Å². The number of ether oxygens (including phenoxy) is 1. The largest absolute Gasteiger partial charge is 0.480 e.